The van der Waals surface area contributed by atoms with E-state index in [0.717, 1.165) is 23.1 Å². The molecule has 0 bridgehead atoms. The zero-order valence-corrected chi connectivity index (χ0v) is 34.5. The number of alkyl halides is 2. The molecule has 7 aromatic carbocycles. The maximum absolute atomic E-state index is 11.9. The van der Waals surface area contributed by atoms with Gasteiger partial charge in [-0.2, -0.15) is 0 Å². The van der Waals surface area contributed by atoms with E-state index in [1.165, 1.54) is 32.2 Å². The van der Waals surface area contributed by atoms with E-state index in [0.29, 0.717) is 22.3 Å². The molecule has 59 heavy (non-hydrogen) atoms. The van der Waals surface area contributed by atoms with E-state index in [9.17, 15) is 40.9 Å². The topological polar surface area (TPSA) is 162 Å². The molecule has 0 saturated heterocycles. The molecule has 0 saturated carbocycles. The van der Waals surface area contributed by atoms with E-state index in [-0.39, 0.29) is 54.8 Å². The van der Waals surface area contributed by atoms with Gasteiger partial charge in [-0.05, 0) is 0 Å². The quantitative estimate of drug-likeness (QED) is 0.0312. The summed E-state index contributed by atoms with van der Waals surface area (Å²) in [6.45, 7) is 4.49. The molecule has 0 radical (unpaired) electrons. The molecule has 3 aliphatic carbocycles. The van der Waals surface area contributed by atoms with Crippen molar-refractivity contribution in [3.05, 3.63) is 165 Å². The van der Waals surface area contributed by atoms with Crippen LogP contribution in [0.4, 0.5) is 0 Å². The first kappa shape index (κ1) is 37.0. The average molecular weight is 896 g/mol. The van der Waals surface area contributed by atoms with Crippen molar-refractivity contribution in [1.29, 1.82) is 0 Å². The summed E-state index contributed by atoms with van der Waals surface area (Å²) in [6.07, 6.45) is 1.01. The molecular formula is C50H40IO8-. The molecule has 296 valence electrons. The Morgan fingerprint density at radius 3 is 1.46 bits per heavy atom. The van der Waals surface area contributed by atoms with Crippen LogP contribution in [-0.4, -0.2) is 50.2 Å². The summed E-state index contributed by atoms with van der Waals surface area (Å²) in [4.78, 5) is 2.29. The van der Waals surface area contributed by atoms with Crippen LogP contribution in [0, 0.1) is 0 Å². The van der Waals surface area contributed by atoms with Crippen molar-refractivity contribution in [2.75, 3.05) is 9.36 Å². The molecule has 9 heteroatoms. The number of hydrogen-bond donors (Lipinski definition) is 8. The normalized spacial score (nSPS) is 15.0. The summed E-state index contributed by atoms with van der Waals surface area (Å²) in [5.41, 5.74) is 8.51. The number of aromatic hydroxyl groups is 8. The van der Waals surface area contributed by atoms with Crippen LogP contribution in [-0.2, 0) is 17.3 Å². The molecule has 3 aliphatic rings. The van der Waals surface area contributed by atoms with Crippen molar-refractivity contribution in [1.82, 2.24) is 0 Å². The Hall–Kier alpha value is -6.33. The zero-order valence-electron chi connectivity index (χ0n) is 32.3. The minimum atomic E-state index is -1.79. The summed E-state index contributed by atoms with van der Waals surface area (Å²) < 4.78 is 1.18. The van der Waals surface area contributed by atoms with Crippen molar-refractivity contribution in [3.8, 4) is 79.4 Å². The summed E-state index contributed by atoms with van der Waals surface area (Å²) >= 11 is 0.143. The Labute approximate surface area is 350 Å². The molecule has 1 atom stereocenters. The Kier molecular flexibility index (Phi) is 8.04. The van der Waals surface area contributed by atoms with Crippen LogP contribution in [0.3, 0.4) is 0 Å². The van der Waals surface area contributed by atoms with Gasteiger partial charge in [0.05, 0.1) is 0 Å². The zero-order chi connectivity index (χ0) is 41.3. The van der Waals surface area contributed by atoms with E-state index in [1.807, 2.05) is 24.3 Å². The van der Waals surface area contributed by atoms with Crippen LogP contribution >= 0.6 is 0 Å². The van der Waals surface area contributed by atoms with E-state index >= 15 is 0 Å². The Morgan fingerprint density at radius 1 is 0.458 bits per heavy atom. The number of benzene rings is 7. The molecule has 0 aliphatic heterocycles. The molecule has 1 unspecified atom stereocenters. The number of hydrogen-bond acceptors (Lipinski definition) is 8. The minimum absolute atomic E-state index is 0.143. The molecule has 0 heterocycles. The Bertz CT molecular complexity index is 2880. The van der Waals surface area contributed by atoms with E-state index in [2.05, 4.69) is 91.6 Å². The monoisotopic (exact) mass is 895 g/mol. The second-order valence-electron chi connectivity index (χ2n) is 16.2. The number of phenolic OH excluding ortho intramolecular Hbond substituents is 8. The van der Waals surface area contributed by atoms with Gasteiger partial charge in [0, 0.05) is 11.1 Å². The van der Waals surface area contributed by atoms with Gasteiger partial charge in [0.25, 0.3) is 0 Å². The summed E-state index contributed by atoms with van der Waals surface area (Å²) in [5.74, 6) is -7.84. The molecule has 1 spiro atoms. The van der Waals surface area contributed by atoms with Crippen LogP contribution in [0.5, 0.6) is 46.0 Å². The molecule has 0 aromatic heterocycles. The van der Waals surface area contributed by atoms with Crippen molar-refractivity contribution >= 4 is 0 Å². The average Bonchev–Trinajstić information content (AvgIpc) is 3.82. The SMILES string of the molecule is C[I-]CCc1ccc(C(c2ccc3c(c2)C(C)(C)c2ccccc2-3)c2ccc3c(c2)C2(c4ccccc4-3)c3c(O)c(O)c(O)c(O)c3-c3c(O)c(O)c(O)c(O)c32)cc1. The predicted molar refractivity (Wildman–Crippen MR) is 222 cm³/mol. The van der Waals surface area contributed by atoms with Gasteiger partial charge in [0.2, 0.25) is 23.0 Å². The van der Waals surface area contributed by atoms with Crippen molar-refractivity contribution in [2.45, 2.75) is 37.0 Å². The van der Waals surface area contributed by atoms with Crippen molar-refractivity contribution in [3.63, 3.8) is 0 Å². The van der Waals surface area contributed by atoms with Gasteiger partial charge in [-0.1, -0.05) is 48.5 Å². The fourth-order valence-corrected chi connectivity index (χ4v) is 11.5. The molecular weight excluding hydrogens is 855 g/mol. The predicted octanol–water partition coefficient (Wildman–Crippen LogP) is 6.42. The van der Waals surface area contributed by atoms with E-state index in [1.54, 1.807) is 12.1 Å². The van der Waals surface area contributed by atoms with Crippen LogP contribution in [0.2, 0.25) is 0 Å². The Balaban J connectivity index is 1.28. The van der Waals surface area contributed by atoms with Crippen LogP contribution in [0.1, 0.15) is 75.4 Å². The number of fused-ring (bicyclic) bond motifs is 13. The molecule has 0 amide bonds. The van der Waals surface area contributed by atoms with Crippen molar-refractivity contribution in [2.24, 2.45) is 0 Å². The molecule has 8 nitrogen and oxygen atoms in total. The van der Waals surface area contributed by atoms with Gasteiger partial charge < -0.3 is 40.9 Å². The maximum atomic E-state index is 11.9. The van der Waals surface area contributed by atoms with Gasteiger partial charge in [-0.3, -0.25) is 0 Å². The third-order valence-electron chi connectivity index (χ3n) is 13.0. The number of halogens is 1. The van der Waals surface area contributed by atoms with Gasteiger partial charge >= 0.3 is 206 Å². The molecule has 0 fully saturated rings. The van der Waals surface area contributed by atoms with Gasteiger partial charge in [0.15, 0.2) is 23.0 Å². The number of rotatable bonds is 6. The summed E-state index contributed by atoms with van der Waals surface area (Å²) in [5, 5.41) is 90.9. The first-order valence-electron chi connectivity index (χ1n) is 19.4. The van der Waals surface area contributed by atoms with Gasteiger partial charge in [-0.25, -0.2) is 0 Å². The first-order valence-corrected chi connectivity index (χ1v) is 23.0. The van der Waals surface area contributed by atoms with Crippen molar-refractivity contribution < 1.29 is 62.1 Å². The van der Waals surface area contributed by atoms with Crippen LogP contribution < -0.4 is 21.2 Å². The van der Waals surface area contributed by atoms with Gasteiger partial charge in [-0.15, -0.1) is 0 Å². The fourth-order valence-electron chi connectivity index (χ4n) is 10.3. The second-order valence-corrected chi connectivity index (χ2v) is 18.9. The van der Waals surface area contributed by atoms with E-state index < -0.39 is 51.4 Å². The Morgan fingerprint density at radius 2 is 0.898 bits per heavy atom. The van der Waals surface area contributed by atoms with Gasteiger partial charge in [0.1, 0.15) is 0 Å². The standard InChI is InChI=1S/C50H40IO8/c1-49(2)32-10-6-4-8-28(32)30-18-16-26(22-34(30)49)36(25-14-12-24(13-15-25)20-21-51-3)27-17-19-31-29-9-5-7-11-33(29)50(35(31)23-27)39-37(41(52)45(56)47(58)43(39)54)38-40(50)44(55)48(59)46(57)42(38)53/h4-19,22-23,36,52-59H,20-21H2,1-3H3/q-1. The van der Waals surface area contributed by atoms with E-state index in [4.69, 9.17) is 0 Å². The summed E-state index contributed by atoms with van der Waals surface area (Å²) in [6, 6.07) is 37.2. The van der Waals surface area contributed by atoms with Crippen LogP contribution in [0.15, 0.2) is 109 Å². The third-order valence-corrected chi connectivity index (χ3v) is 14.6. The second kappa shape index (κ2) is 12.8. The molecule has 7 aromatic rings. The van der Waals surface area contributed by atoms with Crippen LogP contribution in [0.25, 0.3) is 33.4 Å². The third kappa shape index (κ3) is 4.76. The summed E-state index contributed by atoms with van der Waals surface area (Å²) in [7, 11) is 0. The molecule has 8 N–H and O–H groups in total. The molecule has 10 rings (SSSR count). The number of aryl methyl sites for hydroxylation is 1. The number of phenols is 8. The fraction of sp³-hybridized carbons (Fsp3) is 0.160. The first-order chi connectivity index (χ1) is 28.3.